The molecular formula is C21H23N3O3S2. The van der Waals surface area contributed by atoms with Gasteiger partial charge in [-0.15, -0.1) is 11.3 Å². The van der Waals surface area contributed by atoms with E-state index in [-0.39, 0.29) is 12.3 Å². The molecule has 0 bridgehead atoms. The summed E-state index contributed by atoms with van der Waals surface area (Å²) in [5.74, 6) is -0.114. The average molecular weight is 430 g/mol. The topological polar surface area (TPSA) is 79.4 Å². The van der Waals surface area contributed by atoms with Gasteiger partial charge in [0, 0.05) is 23.2 Å². The van der Waals surface area contributed by atoms with Crippen LogP contribution in [0.3, 0.4) is 0 Å². The number of thiazole rings is 1. The first kappa shape index (κ1) is 21.0. The fourth-order valence-corrected chi connectivity index (χ4v) is 4.69. The van der Waals surface area contributed by atoms with Crippen molar-refractivity contribution in [3.05, 3.63) is 64.5 Å². The third-order valence-corrected chi connectivity index (χ3v) is 6.46. The van der Waals surface area contributed by atoms with Gasteiger partial charge in [0.2, 0.25) is 15.9 Å². The number of nitrogens with one attached hydrogen (secondary N) is 1. The van der Waals surface area contributed by atoms with Crippen molar-refractivity contribution in [3.63, 3.8) is 0 Å². The number of carbonyl (C=O) groups excluding carboxylic acids is 1. The summed E-state index contributed by atoms with van der Waals surface area (Å²) >= 11 is 1.43. The van der Waals surface area contributed by atoms with Gasteiger partial charge in [0.15, 0.2) is 0 Å². The Bertz CT molecular complexity index is 1090. The molecule has 29 heavy (non-hydrogen) atoms. The van der Waals surface area contributed by atoms with Crippen molar-refractivity contribution in [2.24, 2.45) is 0 Å². The van der Waals surface area contributed by atoms with Crippen molar-refractivity contribution in [2.45, 2.75) is 20.3 Å². The fraction of sp³-hybridized carbons (Fsp3) is 0.238. The highest BCUT2D eigenvalue weighted by Crippen LogP contribution is 2.26. The van der Waals surface area contributed by atoms with Crippen molar-refractivity contribution in [1.82, 2.24) is 4.98 Å². The smallest absolute Gasteiger partial charge is 0.232 e. The molecule has 0 aliphatic rings. The SMILES string of the molecule is CCN(c1ccc(-c2csc(CC(=O)Nc3ccc(C)cc3)n2)cc1)S(C)(=O)=O. The second-order valence-electron chi connectivity index (χ2n) is 6.69. The predicted octanol–water partition coefficient (Wildman–Crippen LogP) is 4.09. The first-order chi connectivity index (χ1) is 13.8. The Kier molecular flexibility index (Phi) is 6.34. The van der Waals surface area contributed by atoms with E-state index in [4.69, 9.17) is 0 Å². The molecule has 0 radical (unpaired) electrons. The molecule has 1 aromatic heterocycles. The van der Waals surface area contributed by atoms with E-state index < -0.39 is 10.0 Å². The van der Waals surface area contributed by atoms with Crippen molar-refractivity contribution in [2.75, 3.05) is 22.4 Å². The molecule has 152 valence electrons. The zero-order chi connectivity index (χ0) is 21.0. The minimum Gasteiger partial charge on any atom is -0.326 e. The summed E-state index contributed by atoms with van der Waals surface area (Å²) in [6.45, 7) is 4.16. The number of hydrogen-bond acceptors (Lipinski definition) is 5. The summed E-state index contributed by atoms with van der Waals surface area (Å²) in [4.78, 5) is 16.8. The summed E-state index contributed by atoms with van der Waals surface area (Å²) < 4.78 is 25.0. The van der Waals surface area contributed by atoms with Gasteiger partial charge in [0.1, 0.15) is 5.01 Å². The van der Waals surface area contributed by atoms with Gasteiger partial charge < -0.3 is 5.32 Å². The van der Waals surface area contributed by atoms with Crippen molar-refractivity contribution >= 4 is 38.6 Å². The molecule has 3 aromatic rings. The maximum atomic E-state index is 12.3. The van der Waals surface area contributed by atoms with Gasteiger partial charge in [-0.25, -0.2) is 13.4 Å². The molecule has 8 heteroatoms. The van der Waals surface area contributed by atoms with Crippen LogP contribution in [0.25, 0.3) is 11.3 Å². The van der Waals surface area contributed by atoms with Crippen LogP contribution in [0.15, 0.2) is 53.9 Å². The van der Waals surface area contributed by atoms with Crippen molar-refractivity contribution in [3.8, 4) is 11.3 Å². The lowest BCUT2D eigenvalue weighted by molar-refractivity contribution is -0.115. The number of nitrogens with zero attached hydrogens (tertiary/aromatic N) is 2. The quantitative estimate of drug-likeness (QED) is 0.614. The van der Waals surface area contributed by atoms with Crippen LogP contribution in [0.1, 0.15) is 17.5 Å². The molecular weight excluding hydrogens is 406 g/mol. The number of anilines is 2. The molecule has 1 amide bonds. The highest BCUT2D eigenvalue weighted by molar-refractivity contribution is 7.92. The number of benzene rings is 2. The number of amides is 1. The number of carbonyl (C=O) groups is 1. The summed E-state index contributed by atoms with van der Waals surface area (Å²) in [5, 5.41) is 5.50. The van der Waals surface area contributed by atoms with Gasteiger partial charge in [-0.05, 0) is 38.1 Å². The number of aromatic nitrogens is 1. The van der Waals surface area contributed by atoms with Crippen LogP contribution < -0.4 is 9.62 Å². The third-order valence-electron chi connectivity index (χ3n) is 4.34. The standard InChI is InChI=1S/C21H23N3O3S2/c1-4-24(29(3,26)27)18-11-7-16(8-12-18)19-14-28-21(23-19)13-20(25)22-17-9-5-15(2)6-10-17/h5-12,14H,4,13H2,1-3H3,(H,22,25). The Balaban J connectivity index is 1.68. The highest BCUT2D eigenvalue weighted by Gasteiger charge is 2.15. The van der Waals surface area contributed by atoms with Gasteiger partial charge >= 0.3 is 0 Å². The Hall–Kier alpha value is -2.71. The van der Waals surface area contributed by atoms with Crippen LogP contribution in [0.4, 0.5) is 11.4 Å². The van der Waals surface area contributed by atoms with E-state index >= 15 is 0 Å². The normalized spacial score (nSPS) is 11.3. The van der Waals surface area contributed by atoms with Crippen LogP contribution in [0, 0.1) is 6.92 Å². The largest absolute Gasteiger partial charge is 0.326 e. The van der Waals surface area contributed by atoms with Gasteiger partial charge in [-0.1, -0.05) is 29.8 Å². The highest BCUT2D eigenvalue weighted by atomic mass is 32.2. The number of hydrogen-bond donors (Lipinski definition) is 1. The molecule has 3 rings (SSSR count). The Morgan fingerprint density at radius 3 is 2.34 bits per heavy atom. The van der Waals surface area contributed by atoms with E-state index in [0.717, 1.165) is 27.5 Å². The zero-order valence-corrected chi connectivity index (χ0v) is 18.2. The Labute approximate surface area is 175 Å². The molecule has 0 unspecified atom stereocenters. The minimum absolute atomic E-state index is 0.114. The molecule has 0 saturated carbocycles. The summed E-state index contributed by atoms with van der Waals surface area (Å²) in [6.07, 6.45) is 1.40. The Morgan fingerprint density at radius 2 is 1.76 bits per heavy atom. The first-order valence-corrected chi connectivity index (χ1v) is 11.9. The van der Waals surface area contributed by atoms with Crippen LogP contribution in [0.5, 0.6) is 0 Å². The zero-order valence-electron chi connectivity index (χ0n) is 16.5. The number of sulfonamides is 1. The van der Waals surface area contributed by atoms with Crippen LogP contribution in [0.2, 0.25) is 0 Å². The Morgan fingerprint density at radius 1 is 1.10 bits per heavy atom. The molecule has 0 aliphatic carbocycles. The van der Waals surface area contributed by atoms with Crippen LogP contribution in [-0.4, -0.2) is 32.1 Å². The second-order valence-corrected chi connectivity index (χ2v) is 9.54. The molecule has 0 saturated heterocycles. The van der Waals surface area contributed by atoms with E-state index in [2.05, 4.69) is 10.3 Å². The van der Waals surface area contributed by atoms with Crippen LogP contribution in [-0.2, 0) is 21.2 Å². The van der Waals surface area contributed by atoms with Crippen molar-refractivity contribution in [1.29, 1.82) is 0 Å². The molecule has 0 fully saturated rings. The molecule has 0 spiro atoms. The summed E-state index contributed by atoms with van der Waals surface area (Å²) in [7, 11) is -3.31. The van der Waals surface area contributed by atoms with Gasteiger partial charge in [0.05, 0.1) is 24.1 Å². The van der Waals surface area contributed by atoms with Crippen molar-refractivity contribution < 1.29 is 13.2 Å². The monoisotopic (exact) mass is 429 g/mol. The lowest BCUT2D eigenvalue weighted by Gasteiger charge is -2.20. The van der Waals surface area contributed by atoms with Gasteiger partial charge in [-0.2, -0.15) is 0 Å². The van der Waals surface area contributed by atoms with E-state index in [9.17, 15) is 13.2 Å². The van der Waals surface area contributed by atoms with E-state index in [1.54, 1.807) is 19.1 Å². The maximum absolute atomic E-state index is 12.3. The molecule has 2 aromatic carbocycles. The van der Waals surface area contributed by atoms with Gasteiger partial charge in [-0.3, -0.25) is 9.10 Å². The molecule has 0 atom stereocenters. The second kappa shape index (κ2) is 8.75. The maximum Gasteiger partial charge on any atom is 0.232 e. The molecule has 1 heterocycles. The third kappa shape index (κ3) is 5.42. The van der Waals surface area contributed by atoms with E-state index in [1.165, 1.54) is 21.9 Å². The lowest BCUT2D eigenvalue weighted by Crippen LogP contribution is -2.29. The summed E-state index contributed by atoms with van der Waals surface area (Å²) in [6, 6.07) is 14.9. The van der Waals surface area contributed by atoms with E-state index in [1.807, 2.05) is 48.7 Å². The fourth-order valence-electron chi connectivity index (χ4n) is 2.91. The van der Waals surface area contributed by atoms with E-state index in [0.29, 0.717) is 12.2 Å². The number of rotatable bonds is 7. The number of aryl methyl sites for hydroxylation is 1. The average Bonchev–Trinajstić information content (AvgIpc) is 3.12. The molecule has 0 aliphatic heterocycles. The minimum atomic E-state index is -3.31. The molecule has 6 nitrogen and oxygen atoms in total. The van der Waals surface area contributed by atoms with Crippen LogP contribution >= 0.6 is 11.3 Å². The predicted molar refractivity (Wildman–Crippen MR) is 119 cm³/mol. The molecule has 1 N–H and O–H groups in total. The summed E-state index contributed by atoms with van der Waals surface area (Å²) in [5.41, 5.74) is 4.16. The van der Waals surface area contributed by atoms with Gasteiger partial charge in [0.25, 0.3) is 0 Å². The first-order valence-electron chi connectivity index (χ1n) is 9.15. The lowest BCUT2D eigenvalue weighted by atomic mass is 10.1.